The van der Waals surface area contributed by atoms with Gasteiger partial charge in [-0.2, -0.15) is 0 Å². The molecule has 30 heavy (non-hydrogen) atoms. The number of likely N-dealkylation sites (tertiary alicyclic amines) is 1. The molecule has 0 saturated carbocycles. The molecular weight excluding hydrogens is 384 g/mol. The number of piperidine rings is 1. The molecule has 158 valence electrons. The van der Waals surface area contributed by atoms with Gasteiger partial charge in [0.15, 0.2) is 17.1 Å². The number of rotatable bonds is 5. The van der Waals surface area contributed by atoms with Crippen molar-refractivity contribution in [3.05, 3.63) is 42.4 Å². The molecule has 0 radical (unpaired) electrons. The average molecular weight is 410 g/mol. The molecule has 0 atom stereocenters. The SMILES string of the molecule is COc1ccc(NC(=O)Nc2cccn3c(C4CCN(C)CC4)nnc23)cc1OC. The first-order valence-corrected chi connectivity index (χ1v) is 9.91. The zero-order valence-corrected chi connectivity index (χ0v) is 17.4. The number of urea groups is 1. The van der Waals surface area contributed by atoms with Crippen LogP contribution in [0.2, 0.25) is 0 Å². The van der Waals surface area contributed by atoms with Crippen molar-refractivity contribution < 1.29 is 14.3 Å². The normalized spacial score (nSPS) is 15.2. The van der Waals surface area contributed by atoms with Gasteiger partial charge in [-0.3, -0.25) is 4.40 Å². The molecule has 1 saturated heterocycles. The molecule has 2 aromatic heterocycles. The largest absolute Gasteiger partial charge is 0.493 e. The highest BCUT2D eigenvalue weighted by atomic mass is 16.5. The Labute approximate surface area is 175 Å². The minimum atomic E-state index is -0.376. The van der Waals surface area contributed by atoms with Crippen LogP contribution in [0.5, 0.6) is 11.5 Å². The van der Waals surface area contributed by atoms with E-state index in [9.17, 15) is 4.79 Å². The Balaban J connectivity index is 1.51. The molecule has 0 aliphatic carbocycles. The molecule has 0 unspecified atom stereocenters. The Morgan fingerprint density at radius 2 is 1.83 bits per heavy atom. The molecule has 1 fully saturated rings. The fourth-order valence-corrected chi connectivity index (χ4v) is 3.78. The minimum Gasteiger partial charge on any atom is -0.493 e. The van der Waals surface area contributed by atoms with Crippen molar-refractivity contribution in [3.8, 4) is 11.5 Å². The van der Waals surface area contributed by atoms with Crippen LogP contribution in [0, 0.1) is 0 Å². The summed E-state index contributed by atoms with van der Waals surface area (Å²) in [6, 6.07) is 8.52. The first-order chi connectivity index (χ1) is 14.6. The van der Waals surface area contributed by atoms with E-state index in [0.717, 1.165) is 31.8 Å². The standard InChI is InChI=1S/C21H26N6O3/c1-26-11-8-14(9-12-26)19-24-25-20-16(5-4-10-27(19)20)23-21(28)22-15-6-7-17(29-2)18(13-15)30-3/h4-7,10,13-14H,8-9,11-12H2,1-3H3,(H2,22,23,28). The van der Waals surface area contributed by atoms with Gasteiger partial charge < -0.3 is 25.0 Å². The van der Waals surface area contributed by atoms with Crippen molar-refractivity contribution in [1.82, 2.24) is 19.5 Å². The van der Waals surface area contributed by atoms with E-state index in [1.54, 1.807) is 32.4 Å². The topological polar surface area (TPSA) is 93.0 Å². The molecule has 2 amide bonds. The summed E-state index contributed by atoms with van der Waals surface area (Å²) < 4.78 is 12.5. The highest BCUT2D eigenvalue weighted by molar-refractivity contribution is 6.02. The Morgan fingerprint density at radius 1 is 1.07 bits per heavy atom. The summed E-state index contributed by atoms with van der Waals surface area (Å²) in [5.74, 6) is 2.45. The van der Waals surface area contributed by atoms with Crippen LogP contribution >= 0.6 is 0 Å². The molecule has 9 nitrogen and oxygen atoms in total. The van der Waals surface area contributed by atoms with Crippen LogP contribution in [0.4, 0.5) is 16.2 Å². The first-order valence-electron chi connectivity index (χ1n) is 9.91. The third kappa shape index (κ3) is 4.02. The number of hydrogen-bond donors (Lipinski definition) is 2. The maximum Gasteiger partial charge on any atom is 0.323 e. The van der Waals surface area contributed by atoms with Crippen LogP contribution in [-0.2, 0) is 0 Å². The molecular formula is C21H26N6O3. The number of aromatic nitrogens is 3. The van der Waals surface area contributed by atoms with Crippen LogP contribution in [0.3, 0.4) is 0 Å². The van der Waals surface area contributed by atoms with Gasteiger partial charge >= 0.3 is 6.03 Å². The highest BCUT2D eigenvalue weighted by Crippen LogP contribution is 2.30. The minimum absolute atomic E-state index is 0.368. The van der Waals surface area contributed by atoms with E-state index in [2.05, 4.69) is 32.8 Å². The third-order valence-corrected chi connectivity index (χ3v) is 5.43. The summed E-state index contributed by atoms with van der Waals surface area (Å²) in [6.07, 6.45) is 4.05. The van der Waals surface area contributed by atoms with E-state index in [0.29, 0.717) is 34.4 Å². The zero-order chi connectivity index (χ0) is 21.1. The van der Waals surface area contributed by atoms with Gasteiger partial charge in [-0.15, -0.1) is 10.2 Å². The lowest BCUT2D eigenvalue weighted by atomic mass is 9.96. The molecule has 1 aliphatic rings. The van der Waals surface area contributed by atoms with Crippen molar-refractivity contribution in [2.75, 3.05) is 45.0 Å². The number of nitrogens with one attached hydrogen (secondary N) is 2. The quantitative estimate of drug-likeness (QED) is 0.671. The third-order valence-electron chi connectivity index (χ3n) is 5.43. The van der Waals surface area contributed by atoms with Gasteiger partial charge in [0.25, 0.3) is 0 Å². The molecule has 3 aromatic rings. The number of nitrogens with zero attached hydrogens (tertiary/aromatic N) is 4. The number of methoxy groups -OCH3 is 2. The Kier molecular flexibility index (Phi) is 5.71. The highest BCUT2D eigenvalue weighted by Gasteiger charge is 2.23. The van der Waals surface area contributed by atoms with Gasteiger partial charge in [-0.25, -0.2) is 4.79 Å². The zero-order valence-electron chi connectivity index (χ0n) is 17.4. The fourth-order valence-electron chi connectivity index (χ4n) is 3.78. The van der Waals surface area contributed by atoms with Crippen LogP contribution in [0.1, 0.15) is 24.6 Å². The number of hydrogen-bond acceptors (Lipinski definition) is 6. The van der Waals surface area contributed by atoms with Crippen molar-refractivity contribution in [1.29, 1.82) is 0 Å². The van der Waals surface area contributed by atoms with E-state index in [-0.39, 0.29) is 6.03 Å². The van der Waals surface area contributed by atoms with Crippen LogP contribution in [0.25, 0.3) is 5.65 Å². The number of fused-ring (bicyclic) bond motifs is 1. The summed E-state index contributed by atoms with van der Waals surface area (Å²) >= 11 is 0. The van der Waals surface area contributed by atoms with E-state index in [1.165, 1.54) is 0 Å². The van der Waals surface area contributed by atoms with Crippen molar-refractivity contribution in [3.63, 3.8) is 0 Å². The van der Waals surface area contributed by atoms with Crippen molar-refractivity contribution in [2.45, 2.75) is 18.8 Å². The smallest absolute Gasteiger partial charge is 0.323 e. The molecule has 3 heterocycles. The molecule has 1 aromatic carbocycles. The van der Waals surface area contributed by atoms with E-state index >= 15 is 0 Å². The maximum atomic E-state index is 12.6. The van der Waals surface area contributed by atoms with E-state index in [1.807, 2.05) is 22.7 Å². The summed E-state index contributed by atoms with van der Waals surface area (Å²) in [5, 5.41) is 14.5. The second kappa shape index (κ2) is 8.58. The van der Waals surface area contributed by atoms with Gasteiger partial charge in [-0.1, -0.05) is 0 Å². The van der Waals surface area contributed by atoms with Crippen LogP contribution < -0.4 is 20.1 Å². The number of benzene rings is 1. The summed E-state index contributed by atoms with van der Waals surface area (Å²) in [4.78, 5) is 14.9. The Morgan fingerprint density at radius 3 is 2.57 bits per heavy atom. The first kappa shape index (κ1) is 20.0. The second-order valence-corrected chi connectivity index (χ2v) is 7.40. The summed E-state index contributed by atoms with van der Waals surface area (Å²) in [7, 11) is 5.25. The van der Waals surface area contributed by atoms with Gasteiger partial charge in [0.05, 0.1) is 19.9 Å². The van der Waals surface area contributed by atoms with Crippen LogP contribution in [-0.4, -0.2) is 59.9 Å². The van der Waals surface area contributed by atoms with Gasteiger partial charge in [0.1, 0.15) is 5.82 Å². The number of amides is 2. The Bertz CT molecular complexity index is 1040. The molecule has 0 bridgehead atoms. The Hall–Kier alpha value is -3.33. The second-order valence-electron chi connectivity index (χ2n) is 7.40. The lowest BCUT2D eigenvalue weighted by Crippen LogP contribution is -2.30. The molecule has 2 N–H and O–H groups in total. The summed E-state index contributed by atoms with van der Waals surface area (Å²) in [5.41, 5.74) is 1.82. The number of pyridine rings is 1. The maximum absolute atomic E-state index is 12.6. The molecule has 9 heteroatoms. The van der Waals surface area contributed by atoms with E-state index in [4.69, 9.17) is 9.47 Å². The van der Waals surface area contributed by atoms with Gasteiger partial charge in [0, 0.05) is 23.9 Å². The van der Waals surface area contributed by atoms with Crippen molar-refractivity contribution in [2.24, 2.45) is 0 Å². The molecule has 1 aliphatic heterocycles. The predicted octanol–water partition coefficient (Wildman–Crippen LogP) is 3.20. The van der Waals surface area contributed by atoms with Gasteiger partial charge in [0.2, 0.25) is 0 Å². The van der Waals surface area contributed by atoms with E-state index < -0.39 is 0 Å². The number of carbonyl (C=O) groups is 1. The number of anilines is 2. The van der Waals surface area contributed by atoms with Gasteiger partial charge in [-0.05, 0) is 57.2 Å². The predicted molar refractivity (Wildman–Crippen MR) is 115 cm³/mol. The summed E-state index contributed by atoms with van der Waals surface area (Å²) in [6.45, 7) is 2.09. The fraction of sp³-hybridized carbons (Fsp3) is 0.381. The molecule has 4 rings (SSSR count). The van der Waals surface area contributed by atoms with Crippen LogP contribution in [0.15, 0.2) is 36.5 Å². The lowest BCUT2D eigenvalue weighted by Gasteiger charge is -2.27. The molecule has 0 spiro atoms. The number of carbonyl (C=O) groups excluding carboxylic acids is 1. The lowest BCUT2D eigenvalue weighted by molar-refractivity contribution is 0.250. The monoisotopic (exact) mass is 410 g/mol. The van der Waals surface area contributed by atoms with Crippen molar-refractivity contribution >= 4 is 23.1 Å². The number of ether oxygens (including phenoxy) is 2. The average Bonchev–Trinajstić information content (AvgIpc) is 3.19.